The fourth-order valence-electron chi connectivity index (χ4n) is 11.3. The molecule has 1 amide bonds. The first-order valence-electron chi connectivity index (χ1n) is 24.2. The molecule has 11 atom stereocenters. The molecule has 8 rings (SSSR count). The van der Waals surface area contributed by atoms with E-state index in [2.05, 4.69) is 5.32 Å². The van der Waals surface area contributed by atoms with Crippen molar-refractivity contribution in [1.29, 1.82) is 0 Å². The molecule has 4 aromatic carbocycles. The normalized spacial score (nSPS) is 28.7. The third-order valence-corrected chi connectivity index (χ3v) is 15.1. The van der Waals surface area contributed by atoms with Gasteiger partial charge >= 0.3 is 30.0 Å². The average Bonchev–Trinajstić information content (AvgIpc) is 3.37. The molecule has 4 aromatic rings. The molecule has 3 fully saturated rings. The first-order chi connectivity index (χ1) is 34.8. The Morgan fingerprint density at radius 3 is 1.95 bits per heavy atom. The number of hydrogen-bond donors (Lipinski definition) is 3. The zero-order valence-electron chi connectivity index (χ0n) is 41.5. The Balaban J connectivity index is 1.25. The maximum absolute atomic E-state index is 15.8. The minimum absolute atomic E-state index is 0.00583. The highest BCUT2D eigenvalue weighted by Gasteiger charge is 2.78. The lowest BCUT2D eigenvalue weighted by molar-refractivity contribution is -0.346. The largest absolute Gasteiger partial charge is 0.456 e. The molecule has 0 radical (unpaired) electrons. The predicted molar refractivity (Wildman–Crippen MR) is 259 cm³/mol. The Kier molecular flexibility index (Phi) is 15.4. The summed E-state index contributed by atoms with van der Waals surface area (Å²) in [4.78, 5) is 85.6. The highest BCUT2D eigenvalue weighted by atomic mass is 16.7. The Hall–Kier alpha value is -6.76. The number of carbonyl (C=O) groups excluding carboxylic acids is 6. The number of rotatable bonds is 16. The number of esters is 4. The molecule has 0 aromatic heterocycles. The maximum atomic E-state index is 15.8. The van der Waals surface area contributed by atoms with Crippen LogP contribution in [0.4, 0.5) is 4.79 Å². The third-order valence-electron chi connectivity index (χ3n) is 15.1. The van der Waals surface area contributed by atoms with E-state index >= 15 is 9.59 Å². The SMILES string of the molecule is CC(=O)O[C@H]1C(=O)[C@@]2(C)C([C@H](OC(=O)c3ccccc3)[C@]3(O)C[C@H](OC(=O)[C@H](OCOCc4ccccc4)[C@@H](NC(=O)OCc4ccccc4)c4ccccc4)C(C)=C1C3(C)C)[C@]1(OC(C)=O)CO[C@@H]1C[C@@H]2O. The fourth-order valence-corrected chi connectivity index (χ4v) is 11.3. The molecular formula is C56H61NO16. The number of aliphatic hydroxyl groups excluding tert-OH is 1. The zero-order valence-corrected chi connectivity index (χ0v) is 41.5. The van der Waals surface area contributed by atoms with Crippen LogP contribution in [0.1, 0.15) is 87.5 Å². The Labute approximate surface area is 423 Å². The molecule has 386 valence electrons. The van der Waals surface area contributed by atoms with Crippen molar-refractivity contribution in [3.63, 3.8) is 0 Å². The van der Waals surface area contributed by atoms with E-state index in [1.807, 2.05) is 36.4 Å². The summed E-state index contributed by atoms with van der Waals surface area (Å²) in [6, 6.07) is 33.3. The lowest BCUT2D eigenvalue weighted by Crippen LogP contribution is -2.82. The van der Waals surface area contributed by atoms with E-state index in [9.17, 15) is 29.4 Å². The van der Waals surface area contributed by atoms with Crippen LogP contribution >= 0.6 is 0 Å². The van der Waals surface area contributed by atoms with Crippen LogP contribution in [0.15, 0.2) is 132 Å². The van der Waals surface area contributed by atoms with Crippen molar-refractivity contribution >= 4 is 35.8 Å². The van der Waals surface area contributed by atoms with Crippen LogP contribution in [0.5, 0.6) is 0 Å². The van der Waals surface area contributed by atoms with Gasteiger partial charge in [-0.2, -0.15) is 0 Å². The summed E-state index contributed by atoms with van der Waals surface area (Å²) in [7, 11) is 0. The summed E-state index contributed by atoms with van der Waals surface area (Å²) in [5, 5.41) is 29.0. The zero-order chi connectivity index (χ0) is 52.3. The average molecular weight is 1000 g/mol. The smallest absolute Gasteiger partial charge is 0.408 e. The molecule has 73 heavy (non-hydrogen) atoms. The van der Waals surface area contributed by atoms with Gasteiger partial charge in [-0.15, -0.1) is 0 Å². The number of benzene rings is 4. The van der Waals surface area contributed by atoms with E-state index in [0.29, 0.717) is 11.1 Å². The Morgan fingerprint density at radius 1 is 0.781 bits per heavy atom. The monoisotopic (exact) mass is 1000 g/mol. The highest BCUT2D eigenvalue weighted by Crippen LogP contribution is 2.64. The number of ether oxygens (including phenoxy) is 8. The summed E-state index contributed by atoms with van der Waals surface area (Å²) < 4.78 is 48.8. The first kappa shape index (κ1) is 52.6. The lowest BCUT2D eigenvalue weighted by atomic mass is 9.44. The van der Waals surface area contributed by atoms with Crippen LogP contribution in [0.2, 0.25) is 0 Å². The molecular weight excluding hydrogens is 943 g/mol. The molecule has 2 saturated carbocycles. The predicted octanol–water partition coefficient (Wildman–Crippen LogP) is 6.43. The molecule has 1 heterocycles. The minimum atomic E-state index is -2.42. The van der Waals surface area contributed by atoms with Crippen molar-refractivity contribution in [2.45, 2.75) is 121 Å². The van der Waals surface area contributed by atoms with Gasteiger partial charge in [0.05, 0.1) is 42.3 Å². The van der Waals surface area contributed by atoms with Crippen LogP contribution in [0.3, 0.4) is 0 Å². The standard InChI is InChI=1S/C56H61NO16/c1-33-40(71-51(63)46(69-32-66-29-36-19-11-7-12-20-36)44(38-23-15-9-16-24-38)57-52(64)67-30-37-21-13-8-14-22-37)28-56(65)49(72-50(62)39-25-17-10-18-26-39)47-54(6,41(60)27-42-55(47,31-68-42)73-35(3)59)48(61)45(70-34(2)58)43(33)53(56,4)5/h7-26,40-42,44-47,49,60,65H,27-32H2,1-6H3,(H,57,64)/t40-,41-,42+,44-,45+,46+,47?,49-,54+,55-,56+/m0/s1. The van der Waals surface area contributed by atoms with Gasteiger partial charge in [0.25, 0.3) is 0 Å². The van der Waals surface area contributed by atoms with Crippen LogP contribution in [0, 0.1) is 16.7 Å². The number of nitrogens with one attached hydrogen (secondary N) is 1. The van der Waals surface area contributed by atoms with Gasteiger partial charge < -0.3 is 53.4 Å². The molecule has 1 unspecified atom stereocenters. The maximum Gasteiger partial charge on any atom is 0.408 e. The van der Waals surface area contributed by atoms with Crippen molar-refractivity contribution in [3.05, 3.63) is 155 Å². The summed E-state index contributed by atoms with van der Waals surface area (Å²) in [5.41, 5.74) is -5.79. The quantitative estimate of drug-likeness (QED) is 0.0361. The van der Waals surface area contributed by atoms with Gasteiger partial charge in [0, 0.05) is 32.1 Å². The van der Waals surface area contributed by atoms with E-state index in [-0.39, 0.29) is 43.0 Å². The molecule has 17 nitrogen and oxygen atoms in total. The first-order valence-corrected chi connectivity index (χ1v) is 24.2. The van der Waals surface area contributed by atoms with E-state index < -0.39 is 120 Å². The van der Waals surface area contributed by atoms with E-state index in [0.717, 1.165) is 19.4 Å². The van der Waals surface area contributed by atoms with Crippen LogP contribution < -0.4 is 5.32 Å². The summed E-state index contributed by atoms with van der Waals surface area (Å²) in [6.45, 7) is 7.58. The number of aliphatic hydroxyl groups is 2. The Morgan fingerprint density at radius 2 is 1.37 bits per heavy atom. The van der Waals surface area contributed by atoms with Crippen LogP contribution in [-0.2, 0) is 70.3 Å². The number of amides is 1. The van der Waals surface area contributed by atoms with Gasteiger partial charge in [-0.1, -0.05) is 123 Å². The van der Waals surface area contributed by atoms with Crippen LogP contribution in [0.25, 0.3) is 0 Å². The molecule has 17 heteroatoms. The number of alkyl carbamates (subject to hydrolysis) is 1. The topological polar surface area (TPSA) is 229 Å². The number of fused-ring (bicyclic) bond motifs is 5. The minimum Gasteiger partial charge on any atom is -0.456 e. The second kappa shape index (κ2) is 21.4. The van der Waals surface area contributed by atoms with Crippen molar-refractivity contribution in [2.75, 3.05) is 13.4 Å². The van der Waals surface area contributed by atoms with E-state index in [1.54, 1.807) is 93.6 Å². The van der Waals surface area contributed by atoms with Gasteiger partial charge in [0.2, 0.25) is 0 Å². The molecule has 2 bridgehead atoms. The third kappa shape index (κ3) is 10.2. The van der Waals surface area contributed by atoms with Gasteiger partial charge in [-0.3, -0.25) is 14.4 Å². The van der Waals surface area contributed by atoms with Crippen molar-refractivity contribution < 1.29 is 76.9 Å². The van der Waals surface area contributed by atoms with E-state index in [1.165, 1.54) is 19.1 Å². The van der Waals surface area contributed by atoms with Crippen molar-refractivity contribution in [3.8, 4) is 0 Å². The van der Waals surface area contributed by atoms with Gasteiger partial charge in [0.1, 0.15) is 37.3 Å². The number of carbonyl (C=O) groups is 6. The summed E-state index contributed by atoms with van der Waals surface area (Å²) in [5.74, 6) is -6.11. The van der Waals surface area contributed by atoms with Crippen molar-refractivity contribution in [2.24, 2.45) is 16.7 Å². The molecule has 1 aliphatic heterocycles. The number of hydrogen-bond acceptors (Lipinski definition) is 16. The Bertz CT molecular complexity index is 2700. The number of Topliss-reactive ketones (excluding diaryl/α,β-unsaturated/α-hetero) is 1. The van der Waals surface area contributed by atoms with Crippen LogP contribution in [-0.4, -0.2) is 107 Å². The molecule has 1 saturated heterocycles. The second-order valence-electron chi connectivity index (χ2n) is 19.8. The highest BCUT2D eigenvalue weighted by molar-refractivity contribution is 5.95. The summed E-state index contributed by atoms with van der Waals surface area (Å²) >= 11 is 0. The van der Waals surface area contributed by atoms with Gasteiger partial charge in [-0.25, -0.2) is 14.4 Å². The summed E-state index contributed by atoms with van der Waals surface area (Å²) in [6.07, 6.45) is -11.2. The second-order valence-corrected chi connectivity index (χ2v) is 19.8. The molecule has 4 aliphatic rings. The lowest BCUT2D eigenvalue weighted by Gasteiger charge is -2.67. The molecule has 0 spiro atoms. The van der Waals surface area contributed by atoms with E-state index in [4.69, 9.17) is 37.9 Å². The molecule has 3 aliphatic carbocycles. The van der Waals surface area contributed by atoms with Gasteiger partial charge in [0.15, 0.2) is 23.6 Å². The van der Waals surface area contributed by atoms with Crippen molar-refractivity contribution in [1.82, 2.24) is 5.32 Å². The fraction of sp³-hybridized carbons (Fsp3) is 0.429. The van der Waals surface area contributed by atoms with Gasteiger partial charge in [-0.05, 0) is 53.8 Å². The molecule has 3 N–H and O–H groups in total. The number of ketones is 1.